The van der Waals surface area contributed by atoms with Gasteiger partial charge in [-0.25, -0.2) is 4.39 Å². The summed E-state index contributed by atoms with van der Waals surface area (Å²) in [6.45, 7) is 2.13. The van der Waals surface area contributed by atoms with Gasteiger partial charge in [0.2, 0.25) is 0 Å². The molecule has 0 heterocycles. The van der Waals surface area contributed by atoms with Crippen LogP contribution in [-0.2, 0) is 0 Å². The van der Waals surface area contributed by atoms with Gasteiger partial charge in [-0.05, 0) is 13.3 Å². The molecule has 0 nitrogen and oxygen atoms in total. The van der Waals surface area contributed by atoms with Crippen LogP contribution in [-0.4, -0.2) is 23.9 Å². The molecule has 1 radical (unpaired) electrons. The first-order valence-corrected chi connectivity index (χ1v) is 3.30. The number of halogens is 9. The summed E-state index contributed by atoms with van der Waals surface area (Å²) in [7, 11) is 0. The number of hydrogen-bond donors (Lipinski definition) is 0. The molecule has 0 aliphatic heterocycles. The van der Waals surface area contributed by atoms with Crippen LogP contribution in [0.15, 0.2) is 0 Å². The van der Waals surface area contributed by atoms with Gasteiger partial charge in [0.05, 0.1) is 0 Å². The van der Waals surface area contributed by atoms with E-state index in [0.717, 1.165) is 0 Å². The minimum atomic E-state index is -6.63. The van der Waals surface area contributed by atoms with E-state index >= 15 is 0 Å². The van der Waals surface area contributed by atoms with E-state index in [9.17, 15) is 39.5 Å². The van der Waals surface area contributed by atoms with Crippen LogP contribution in [0.25, 0.3) is 0 Å². The van der Waals surface area contributed by atoms with E-state index in [1.807, 2.05) is 0 Å². The summed E-state index contributed by atoms with van der Waals surface area (Å²) in [5, 5.41) is 0. The minimum Gasteiger partial charge on any atom is -0.227 e. The summed E-state index contributed by atoms with van der Waals surface area (Å²) in [6.07, 6.45) is -15.3. The molecule has 0 aromatic rings. The van der Waals surface area contributed by atoms with Gasteiger partial charge in [0, 0.05) is 0 Å². The zero-order valence-corrected chi connectivity index (χ0v) is 6.82. The van der Waals surface area contributed by atoms with Gasteiger partial charge in [0.1, 0.15) is 0 Å². The molecule has 0 saturated carbocycles. The second-order valence-electron chi connectivity index (χ2n) is 2.62. The average molecular weight is 247 g/mol. The molecule has 1 atom stereocenters. The molecule has 15 heavy (non-hydrogen) atoms. The van der Waals surface area contributed by atoms with Gasteiger partial charge >= 0.3 is 18.3 Å². The van der Waals surface area contributed by atoms with Gasteiger partial charge < -0.3 is 0 Å². The predicted molar refractivity (Wildman–Crippen MR) is 30.9 cm³/mol. The van der Waals surface area contributed by atoms with Gasteiger partial charge in [-0.1, -0.05) is 0 Å². The van der Waals surface area contributed by atoms with Crippen LogP contribution in [0.4, 0.5) is 39.5 Å². The second kappa shape index (κ2) is 3.44. The van der Waals surface area contributed by atoms with Gasteiger partial charge in [-0.15, -0.1) is 0 Å². The lowest BCUT2D eigenvalue weighted by Crippen LogP contribution is -2.61. The van der Waals surface area contributed by atoms with Crippen molar-refractivity contribution in [3.05, 3.63) is 6.92 Å². The van der Waals surface area contributed by atoms with Gasteiger partial charge in [0.25, 0.3) is 5.67 Å². The molecule has 0 rings (SSSR count). The lowest BCUT2D eigenvalue weighted by atomic mass is 9.93. The minimum absolute atomic E-state index is 2.13. The summed E-state index contributed by atoms with van der Waals surface area (Å²) < 4.78 is 107. The SMILES string of the molecule is [CH2]CC(F)(C(F)(F)F)C(F)(F)C(F)(F)F. The van der Waals surface area contributed by atoms with Crippen LogP contribution >= 0.6 is 0 Å². The fourth-order valence-corrected chi connectivity index (χ4v) is 0.701. The van der Waals surface area contributed by atoms with E-state index in [1.165, 1.54) is 0 Å². The Morgan fingerprint density at radius 2 is 1.00 bits per heavy atom. The quantitative estimate of drug-likeness (QED) is 0.653. The highest BCUT2D eigenvalue weighted by Gasteiger charge is 2.80. The van der Waals surface area contributed by atoms with Crippen molar-refractivity contribution in [1.82, 2.24) is 0 Å². The molecule has 91 valence electrons. The first-order chi connectivity index (χ1) is 6.31. The van der Waals surface area contributed by atoms with E-state index in [0.29, 0.717) is 0 Å². The number of rotatable bonds is 2. The molecule has 0 spiro atoms. The van der Waals surface area contributed by atoms with Crippen molar-refractivity contribution in [2.24, 2.45) is 0 Å². The van der Waals surface area contributed by atoms with E-state index in [4.69, 9.17) is 0 Å². The van der Waals surface area contributed by atoms with Crippen LogP contribution in [0.1, 0.15) is 6.42 Å². The third kappa shape index (κ3) is 2.00. The maximum absolute atomic E-state index is 12.6. The summed E-state index contributed by atoms with van der Waals surface area (Å²) in [4.78, 5) is 0. The van der Waals surface area contributed by atoms with Crippen LogP contribution in [0.2, 0.25) is 0 Å². The van der Waals surface area contributed by atoms with Crippen LogP contribution in [0, 0.1) is 6.92 Å². The van der Waals surface area contributed by atoms with Crippen molar-refractivity contribution < 1.29 is 39.5 Å². The Balaban J connectivity index is 5.50. The van der Waals surface area contributed by atoms with Crippen molar-refractivity contribution in [2.75, 3.05) is 0 Å². The molecule has 0 N–H and O–H groups in total. The van der Waals surface area contributed by atoms with Crippen molar-refractivity contribution in [3.63, 3.8) is 0 Å². The van der Waals surface area contributed by atoms with E-state index in [-0.39, 0.29) is 0 Å². The Bertz CT molecular complexity index is 224. The molecule has 0 aromatic carbocycles. The lowest BCUT2D eigenvalue weighted by molar-refractivity contribution is -0.382. The third-order valence-electron chi connectivity index (χ3n) is 1.65. The lowest BCUT2D eigenvalue weighted by Gasteiger charge is -2.34. The van der Waals surface area contributed by atoms with Crippen molar-refractivity contribution >= 4 is 0 Å². The molecule has 0 amide bonds. The standard InChI is InChI=1S/C6H4F9/c1-2-3(7,5(10,11)12)4(8,9)6(13,14)15/h1-2H2. The second-order valence-corrected chi connectivity index (χ2v) is 2.62. The Labute approximate surface area is 78.1 Å². The summed E-state index contributed by atoms with van der Waals surface area (Å²) in [5.41, 5.74) is -5.71. The zero-order valence-electron chi connectivity index (χ0n) is 6.82. The summed E-state index contributed by atoms with van der Waals surface area (Å²) >= 11 is 0. The number of hydrogen-bond acceptors (Lipinski definition) is 0. The topological polar surface area (TPSA) is 0 Å². The van der Waals surface area contributed by atoms with Gasteiger partial charge in [-0.3, -0.25) is 0 Å². The molecule has 0 saturated heterocycles. The maximum Gasteiger partial charge on any atom is 0.457 e. The zero-order chi connectivity index (χ0) is 12.7. The van der Waals surface area contributed by atoms with Crippen molar-refractivity contribution in [2.45, 2.75) is 30.4 Å². The highest BCUT2D eigenvalue weighted by atomic mass is 19.4. The van der Waals surface area contributed by atoms with Crippen LogP contribution in [0.5, 0.6) is 0 Å². The molecular formula is C6H4F9. The largest absolute Gasteiger partial charge is 0.457 e. The molecular weight excluding hydrogens is 243 g/mol. The summed E-state index contributed by atoms with van der Waals surface area (Å²) in [6, 6.07) is 0. The highest BCUT2D eigenvalue weighted by molar-refractivity contribution is 5.03. The molecule has 0 bridgehead atoms. The van der Waals surface area contributed by atoms with Crippen LogP contribution < -0.4 is 0 Å². The third-order valence-corrected chi connectivity index (χ3v) is 1.65. The molecule has 9 heteroatoms. The van der Waals surface area contributed by atoms with Crippen molar-refractivity contribution in [3.8, 4) is 0 Å². The van der Waals surface area contributed by atoms with E-state index in [2.05, 4.69) is 6.92 Å². The predicted octanol–water partition coefficient (Wildman–Crippen LogP) is 3.68. The van der Waals surface area contributed by atoms with Gasteiger partial charge in [0.15, 0.2) is 0 Å². The Kier molecular flexibility index (Phi) is 3.30. The van der Waals surface area contributed by atoms with Crippen LogP contribution in [0.3, 0.4) is 0 Å². The smallest absolute Gasteiger partial charge is 0.227 e. The maximum atomic E-state index is 12.6. The molecule has 0 aliphatic rings. The Morgan fingerprint density at radius 1 is 0.667 bits per heavy atom. The Hall–Kier alpha value is -0.630. The summed E-state index contributed by atoms with van der Waals surface area (Å²) in [5.74, 6) is -6.53. The van der Waals surface area contributed by atoms with Gasteiger partial charge in [-0.2, -0.15) is 35.1 Å². The fourth-order valence-electron chi connectivity index (χ4n) is 0.701. The Morgan fingerprint density at radius 3 is 1.07 bits per heavy atom. The highest BCUT2D eigenvalue weighted by Crippen LogP contribution is 2.54. The van der Waals surface area contributed by atoms with E-state index in [1.54, 1.807) is 0 Å². The number of alkyl halides is 9. The first-order valence-electron chi connectivity index (χ1n) is 3.30. The van der Waals surface area contributed by atoms with Crippen molar-refractivity contribution in [1.29, 1.82) is 0 Å². The molecule has 0 aromatic heterocycles. The monoisotopic (exact) mass is 247 g/mol. The molecule has 1 unspecified atom stereocenters. The first kappa shape index (κ1) is 14.4. The molecule has 0 fully saturated rings. The fraction of sp³-hybridized carbons (Fsp3) is 0.833. The average Bonchev–Trinajstić information content (AvgIpc) is 1.98. The van der Waals surface area contributed by atoms with E-state index < -0.39 is 30.4 Å². The normalized spacial score (nSPS) is 18.8. The molecule has 0 aliphatic carbocycles.